The monoisotopic (exact) mass is 852 g/mol. The molecule has 4 aromatic rings. The van der Waals surface area contributed by atoms with Gasteiger partial charge in [-0.25, -0.2) is 18.7 Å². The number of carbonyl (C=O) groups excluding carboxylic acids is 2. The van der Waals surface area contributed by atoms with Crippen LogP contribution >= 0.6 is 15.6 Å². The number of rotatable bonds is 18. The first-order valence-electron chi connectivity index (χ1n) is 17.4. The Morgan fingerprint density at radius 3 is 2.02 bits per heavy atom. The summed E-state index contributed by atoms with van der Waals surface area (Å²) in [5.41, 5.74) is -1.51. The van der Waals surface area contributed by atoms with Gasteiger partial charge in [-0.3, -0.25) is 32.7 Å². The molecule has 3 aromatic carbocycles. The average Bonchev–Trinajstić information content (AvgIpc) is 3.66. The molecular formula is C37H37F3N2O14P2. The van der Waals surface area contributed by atoms with Crippen LogP contribution in [0.4, 0.5) is 13.2 Å². The normalized spacial score (nSPS) is 17.3. The third kappa shape index (κ3) is 12.8. The van der Waals surface area contributed by atoms with Crippen molar-refractivity contribution >= 4 is 27.6 Å². The lowest BCUT2D eigenvalue weighted by molar-refractivity contribution is -0.137. The Hall–Kier alpha value is -4.97. The Bertz CT molecular complexity index is 2310. The SMILES string of the molecule is CCCCC(=O)Oc1ccc(COP(=O)(OCc2ccc(OC(=O)c3ccc(C(F)(F)F)cc3)cc2)OP(=O)(O)OC[C@@H]2C=C[C@H](n3cc(C)c(=O)[nH]c3=O)O2)cc1. The fourth-order valence-electron chi connectivity index (χ4n) is 5.00. The Balaban J connectivity index is 1.23. The molecule has 1 aliphatic rings. The first kappa shape index (κ1) is 44.1. The summed E-state index contributed by atoms with van der Waals surface area (Å²) in [6.07, 6.45) is -0.699. The Kier molecular flexibility index (Phi) is 14.6. The summed E-state index contributed by atoms with van der Waals surface area (Å²) >= 11 is 0. The smallest absolute Gasteiger partial charge is 0.427 e. The molecular weight excluding hydrogens is 815 g/mol. The molecule has 0 bridgehead atoms. The molecule has 310 valence electrons. The number of halogens is 3. The van der Waals surface area contributed by atoms with Crippen molar-refractivity contribution < 1.29 is 68.9 Å². The van der Waals surface area contributed by atoms with Gasteiger partial charge in [0.2, 0.25) is 0 Å². The van der Waals surface area contributed by atoms with Crippen LogP contribution in [0.5, 0.6) is 11.5 Å². The van der Waals surface area contributed by atoms with Crippen LogP contribution in [0.2, 0.25) is 0 Å². The number of alkyl halides is 3. The Morgan fingerprint density at radius 2 is 1.45 bits per heavy atom. The minimum absolute atomic E-state index is 0.00283. The third-order valence-electron chi connectivity index (χ3n) is 8.08. The number of hydrogen-bond donors (Lipinski definition) is 2. The number of aromatic amines is 1. The van der Waals surface area contributed by atoms with Crippen molar-refractivity contribution in [1.29, 1.82) is 0 Å². The minimum atomic E-state index is -5.24. The number of ether oxygens (including phenoxy) is 3. The van der Waals surface area contributed by atoms with Crippen molar-refractivity contribution in [2.24, 2.45) is 0 Å². The van der Waals surface area contributed by atoms with E-state index >= 15 is 0 Å². The van der Waals surface area contributed by atoms with Gasteiger partial charge in [0.1, 0.15) is 17.6 Å². The van der Waals surface area contributed by atoms with E-state index in [1.165, 1.54) is 73.8 Å². The number of benzene rings is 3. The summed E-state index contributed by atoms with van der Waals surface area (Å²) < 4.78 is 104. The van der Waals surface area contributed by atoms with Crippen molar-refractivity contribution in [2.75, 3.05) is 6.61 Å². The third-order valence-corrected chi connectivity index (χ3v) is 11.1. The summed E-state index contributed by atoms with van der Waals surface area (Å²) in [4.78, 5) is 61.2. The first-order valence-corrected chi connectivity index (χ1v) is 20.4. The molecule has 1 aromatic heterocycles. The van der Waals surface area contributed by atoms with Crippen LogP contribution in [0, 0.1) is 6.92 Å². The lowest BCUT2D eigenvalue weighted by Gasteiger charge is -2.22. The van der Waals surface area contributed by atoms with Crippen molar-refractivity contribution in [2.45, 2.75) is 64.8 Å². The van der Waals surface area contributed by atoms with E-state index in [-0.39, 0.29) is 34.6 Å². The summed E-state index contributed by atoms with van der Waals surface area (Å²) in [6.45, 7) is 1.77. The van der Waals surface area contributed by atoms with Gasteiger partial charge >= 0.3 is 39.5 Å². The summed E-state index contributed by atoms with van der Waals surface area (Å²) in [7, 11) is -10.2. The highest BCUT2D eigenvalue weighted by Crippen LogP contribution is 2.64. The molecule has 21 heteroatoms. The molecule has 58 heavy (non-hydrogen) atoms. The topological polar surface area (TPSA) is 208 Å². The molecule has 0 saturated heterocycles. The number of aromatic nitrogens is 2. The van der Waals surface area contributed by atoms with Crippen LogP contribution in [0.1, 0.15) is 65.0 Å². The highest BCUT2D eigenvalue weighted by Gasteiger charge is 2.39. The van der Waals surface area contributed by atoms with Gasteiger partial charge in [-0.05, 0) is 79.1 Å². The van der Waals surface area contributed by atoms with E-state index in [2.05, 4.69) is 4.98 Å². The summed E-state index contributed by atoms with van der Waals surface area (Å²) in [6, 6.07) is 14.7. The fourth-order valence-corrected chi connectivity index (χ4v) is 7.60. The predicted molar refractivity (Wildman–Crippen MR) is 198 cm³/mol. The summed E-state index contributed by atoms with van der Waals surface area (Å²) in [5, 5.41) is 0. The number of aryl methyl sites for hydroxylation is 1. The molecule has 2 unspecified atom stereocenters. The van der Waals surface area contributed by atoms with Gasteiger partial charge in [-0.2, -0.15) is 17.5 Å². The highest BCUT2D eigenvalue weighted by molar-refractivity contribution is 7.61. The molecule has 0 amide bonds. The van der Waals surface area contributed by atoms with Gasteiger partial charge in [0.05, 0.1) is 30.9 Å². The standard InChI is InChI=1S/C37H37F3N2O14P2/c1-3-4-5-33(43)54-29-14-6-25(7-15-29)21-51-58(49,56-57(47,48)50-23-31-18-19-32(53-31)42-20-24(2)34(44)41-36(42)46)52-22-26-8-16-30(17-9-26)55-35(45)27-10-12-28(13-11-27)37(38,39)40/h6-20,31-32H,3-5,21-23H2,1-2H3,(H,47,48)(H,41,44,46)/t31-,32+,58?/m0/s1. The molecule has 4 atom stereocenters. The predicted octanol–water partition coefficient (Wildman–Crippen LogP) is 7.31. The Morgan fingerprint density at radius 1 is 0.862 bits per heavy atom. The van der Waals surface area contributed by atoms with E-state index in [0.29, 0.717) is 12.0 Å². The van der Waals surface area contributed by atoms with Crippen molar-refractivity contribution in [3.05, 3.63) is 140 Å². The van der Waals surface area contributed by atoms with Gasteiger partial charge < -0.3 is 19.1 Å². The Labute approximate surface area is 328 Å². The number of phosphoric acid groups is 2. The number of nitrogens with one attached hydrogen (secondary N) is 1. The van der Waals surface area contributed by atoms with Gasteiger partial charge in [0, 0.05) is 18.2 Å². The van der Waals surface area contributed by atoms with Gasteiger partial charge in [0.25, 0.3) is 5.56 Å². The quantitative estimate of drug-likeness (QED) is 0.0436. The number of esters is 2. The van der Waals surface area contributed by atoms with Crippen LogP contribution in [-0.4, -0.2) is 39.1 Å². The number of hydrogen-bond acceptors (Lipinski definition) is 13. The van der Waals surface area contributed by atoms with Crippen molar-refractivity contribution in [3.63, 3.8) is 0 Å². The molecule has 5 rings (SSSR count). The second-order valence-corrected chi connectivity index (χ2v) is 15.9. The fraction of sp³-hybridized carbons (Fsp3) is 0.297. The lowest BCUT2D eigenvalue weighted by atomic mass is 10.1. The van der Waals surface area contributed by atoms with Gasteiger partial charge in [-0.1, -0.05) is 43.7 Å². The number of carbonyl (C=O) groups is 2. The van der Waals surface area contributed by atoms with E-state index in [1.54, 1.807) is 0 Å². The van der Waals surface area contributed by atoms with E-state index in [0.717, 1.165) is 35.3 Å². The highest BCUT2D eigenvalue weighted by atomic mass is 31.3. The van der Waals surface area contributed by atoms with Crippen LogP contribution in [0.15, 0.2) is 101 Å². The molecule has 0 radical (unpaired) electrons. The maximum Gasteiger partial charge on any atom is 0.484 e. The van der Waals surface area contributed by atoms with Crippen LogP contribution in [-0.2, 0) is 55.9 Å². The summed E-state index contributed by atoms with van der Waals surface area (Å²) in [5.74, 6) is -1.10. The zero-order valence-electron chi connectivity index (χ0n) is 30.8. The molecule has 0 fully saturated rings. The molecule has 0 spiro atoms. The maximum absolute atomic E-state index is 13.9. The second-order valence-electron chi connectivity index (χ2n) is 12.6. The molecule has 0 saturated carbocycles. The zero-order valence-corrected chi connectivity index (χ0v) is 32.6. The van der Waals surface area contributed by atoms with E-state index < -0.39 is 82.7 Å². The van der Waals surface area contributed by atoms with Crippen LogP contribution in [0.25, 0.3) is 0 Å². The van der Waals surface area contributed by atoms with Crippen LogP contribution in [0.3, 0.4) is 0 Å². The van der Waals surface area contributed by atoms with E-state index in [1.807, 2.05) is 6.92 Å². The maximum atomic E-state index is 13.9. The second kappa shape index (κ2) is 19.2. The molecule has 2 heterocycles. The number of unbranched alkanes of at least 4 members (excludes halogenated alkanes) is 1. The van der Waals surface area contributed by atoms with Crippen LogP contribution < -0.4 is 20.7 Å². The number of H-pyrrole nitrogens is 1. The first-order chi connectivity index (χ1) is 27.4. The minimum Gasteiger partial charge on any atom is -0.427 e. The lowest BCUT2D eigenvalue weighted by Crippen LogP contribution is -2.33. The van der Waals surface area contributed by atoms with Crippen molar-refractivity contribution in [3.8, 4) is 11.5 Å². The molecule has 2 N–H and O–H groups in total. The molecule has 1 aliphatic heterocycles. The average molecular weight is 853 g/mol. The molecule has 16 nitrogen and oxygen atoms in total. The van der Waals surface area contributed by atoms with E-state index in [9.17, 15) is 46.4 Å². The zero-order chi connectivity index (χ0) is 42.1. The van der Waals surface area contributed by atoms with Gasteiger partial charge in [0.15, 0.2) is 6.23 Å². The van der Waals surface area contributed by atoms with Crippen molar-refractivity contribution in [1.82, 2.24) is 9.55 Å². The largest absolute Gasteiger partial charge is 0.484 e. The van der Waals surface area contributed by atoms with Gasteiger partial charge in [-0.15, -0.1) is 0 Å². The number of nitrogens with zero attached hydrogens (tertiary/aromatic N) is 1. The molecule has 0 aliphatic carbocycles. The van der Waals surface area contributed by atoms with E-state index in [4.69, 9.17) is 32.1 Å². The number of phosphoric ester groups is 2.